The third-order valence-corrected chi connectivity index (χ3v) is 2.01. The van der Waals surface area contributed by atoms with Gasteiger partial charge in [-0.1, -0.05) is 20.4 Å². The van der Waals surface area contributed by atoms with Crippen LogP contribution in [0.5, 0.6) is 0 Å². The average molecular weight is 213 g/mol. The van der Waals surface area contributed by atoms with E-state index >= 15 is 0 Å². The van der Waals surface area contributed by atoms with Gasteiger partial charge in [-0.25, -0.2) is 4.79 Å². The Balaban J connectivity index is 4.21. The average Bonchev–Trinajstić information content (AvgIpc) is 2.16. The van der Waals surface area contributed by atoms with Crippen LogP contribution in [0.25, 0.3) is 0 Å². The molecule has 0 fully saturated rings. The van der Waals surface area contributed by atoms with Crippen LogP contribution in [0.2, 0.25) is 0 Å². The molecule has 15 heavy (non-hydrogen) atoms. The summed E-state index contributed by atoms with van der Waals surface area (Å²) in [4.78, 5) is 24.2. The van der Waals surface area contributed by atoms with Gasteiger partial charge in [0.05, 0.1) is 13.2 Å². The molecule has 0 atom stereocenters. The third kappa shape index (κ3) is 4.63. The fourth-order valence-electron chi connectivity index (χ4n) is 0.882. The topological polar surface area (TPSA) is 46.6 Å². The molecule has 0 radical (unpaired) electrons. The third-order valence-electron chi connectivity index (χ3n) is 2.01. The minimum atomic E-state index is -0.475. The Morgan fingerprint density at radius 3 is 2.33 bits per heavy atom. The summed E-state index contributed by atoms with van der Waals surface area (Å²) in [6, 6.07) is 0. The van der Waals surface area contributed by atoms with Crippen molar-refractivity contribution in [3.63, 3.8) is 0 Å². The molecule has 4 nitrogen and oxygen atoms in total. The lowest BCUT2D eigenvalue weighted by atomic mass is 10.1. The SMILES string of the molecule is C=C(C(=O)OCC)N(C)CC(=O)C(C)C. The number of nitrogens with zero attached hydrogens (tertiary/aromatic N) is 1. The quantitative estimate of drug-likeness (QED) is 0.491. The van der Waals surface area contributed by atoms with Crippen molar-refractivity contribution in [1.82, 2.24) is 4.90 Å². The number of Topliss-reactive ketones (excluding diaryl/α,β-unsaturated/α-hetero) is 1. The van der Waals surface area contributed by atoms with E-state index in [-0.39, 0.29) is 23.9 Å². The van der Waals surface area contributed by atoms with Gasteiger partial charge < -0.3 is 9.64 Å². The highest BCUT2D eigenvalue weighted by Crippen LogP contribution is 2.04. The second-order valence-corrected chi connectivity index (χ2v) is 3.64. The monoisotopic (exact) mass is 213 g/mol. The van der Waals surface area contributed by atoms with Crippen molar-refractivity contribution >= 4 is 11.8 Å². The van der Waals surface area contributed by atoms with Gasteiger partial charge in [-0.3, -0.25) is 4.79 Å². The first kappa shape index (κ1) is 13.7. The van der Waals surface area contributed by atoms with E-state index in [1.165, 1.54) is 4.90 Å². The van der Waals surface area contributed by atoms with E-state index in [1.54, 1.807) is 14.0 Å². The van der Waals surface area contributed by atoms with Crippen LogP contribution >= 0.6 is 0 Å². The summed E-state index contributed by atoms with van der Waals surface area (Å²) in [7, 11) is 1.65. The molecule has 0 saturated heterocycles. The molecule has 0 bridgehead atoms. The molecule has 86 valence electrons. The fourth-order valence-corrected chi connectivity index (χ4v) is 0.882. The van der Waals surface area contributed by atoms with Crippen LogP contribution in [0.15, 0.2) is 12.3 Å². The number of hydrogen-bond donors (Lipinski definition) is 0. The molecule has 0 aliphatic carbocycles. The van der Waals surface area contributed by atoms with Gasteiger partial charge in [-0.15, -0.1) is 0 Å². The molecule has 0 N–H and O–H groups in total. The summed E-state index contributed by atoms with van der Waals surface area (Å²) in [5.41, 5.74) is 0.214. The van der Waals surface area contributed by atoms with Crippen molar-refractivity contribution in [2.45, 2.75) is 20.8 Å². The number of carbonyl (C=O) groups excluding carboxylic acids is 2. The Hall–Kier alpha value is -1.32. The Morgan fingerprint density at radius 1 is 1.40 bits per heavy atom. The molecule has 0 rings (SSSR count). The van der Waals surface area contributed by atoms with E-state index in [4.69, 9.17) is 4.74 Å². The largest absolute Gasteiger partial charge is 0.461 e. The Kier molecular flexibility index (Phi) is 5.67. The van der Waals surface area contributed by atoms with Gasteiger partial charge in [0.15, 0.2) is 5.78 Å². The first-order valence-corrected chi connectivity index (χ1v) is 5.00. The van der Waals surface area contributed by atoms with Crippen molar-refractivity contribution in [3.8, 4) is 0 Å². The number of hydrogen-bond acceptors (Lipinski definition) is 4. The van der Waals surface area contributed by atoms with Crippen molar-refractivity contribution in [1.29, 1.82) is 0 Å². The number of likely N-dealkylation sites (N-methyl/N-ethyl adjacent to an activating group) is 1. The molecule has 0 aromatic heterocycles. The predicted molar refractivity (Wildman–Crippen MR) is 58.2 cm³/mol. The maximum absolute atomic E-state index is 11.4. The van der Waals surface area contributed by atoms with Gasteiger partial charge >= 0.3 is 5.97 Å². The summed E-state index contributed by atoms with van der Waals surface area (Å²) in [6.45, 7) is 9.46. The van der Waals surface area contributed by atoms with Crippen LogP contribution in [-0.4, -0.2) is 36.9 Å². The van der Waals surface area contributed by atoms with Crippen LogP contribution in [0.3, 0.4) is 0 Å². The lowest BCUT2D eigenvalue weighted by Gasteiger charge is -2.20. The highest BCUT2D eigenvalue weighted by atomic mass is 16.5. The van der Waals surface area contributed by atoms with Gasteiger partial charge in [0.25, 0.3) is 0 Å². The Labute approximate surface area is 90.9 Å². The van der Waals surface area contributed by atoms with Crippen molar-refractivity contribution in [2.24, 2.45) is 5.92 Å². The summed E-state index contributed by atoms with van der Waals surface area (Å²) in [5.74, 6) is -0.443. The molecule has 0 spiro atoms. The second-order valence-electron chi connectivity index (χ2n) is 3.64. The number of carbonyl (C=O) groups is 2. The number of ether oxygens (including phenoxy) is 1. The zero-order chi connectivity index (χ0) is 12.0. The van der Waals surface area contributed by atoms with E-state index in [9.17, 15) is 9.59 Å². The standard InChI is InChI=1S/C11H19NO3/c1-6-15-11(14)9(4)12(5)7-10(13)8(2)3/h8H,4,6-7H2,1-3,5H3. The van der Waals surface area contributed by atoms with Gasteiger partial charge in [-0.2, -0.15) is 0 Å². The van der Waals surface area contributed by atoms with Crippen LogP contribution < -0.4 is 0 Å². The van der Waals surface area contributed by atoms with Gasteiger partial charge in [0, 0.05) is 13.0 Å². The highest BCUT2D eigenvalue weighted by Gasteiger charge is 2.16. The maximum atomic E-state index is 11.4. The summed E-state index contributed by atoms with van der Waals surface area (Å²) < 4.78 is 4.78. The minimum Gasteiger partial charge on any atom is -0.461 e. The normalized spacial score (nSPS) is 9.93. The summed E-state index contributed by atoms with van der Waals surface area (Å²) in [5, 5.41) is 0. The summed E-state index contributed by atoms with van der Waals surface area (Å²) >= 11 is 0. The van der Waals surface area contributed by atoms with Crippen LogP contribution in [-0.2, 0) is 14.3 Å². The molecule has 0 aromatic carbocycles. The van der Waals surface area contributed by atoms with Gasteiger partial charge in [-0.05, 0) is 6.92 Å². The molecular formula is C11H19NO3. The lowest BCUT2D eigenvalue weighted by Crippen LogP contribution is -2.31. The fraction of sp³-hybridized carbons (Fsp3) is 0.636. The van der Waals surface area contributed by atoms with Crippen LogP contribution in [0.4, 0.5) is 0 Å². The van der Waals surface area contributed by atoms with E-state index < -0.39 is 5.97 Å². The van der Waals surface area contributed by atoms with E-state index in [0.29, 0.717) is 6.61 Å². The van der Waals surface area contributed by atoms with Gasteiger partial charge in [0.2, 0.25) is 0 Å². The molecule has 0 unspecified atom stereocenters. The molecule has 0 aliphatic rings. The van der Waals surface area contributed by atoms with Crippen molar-refractivity contribution < 1.29 is 14.3 Å². The van der Waals surface area contributed by atoms with Crippen LogP contribution in [0, 0.1) is 5.92 Å². The van der Waals surface area contributed by atoms with E-state index in [1.807, 2.05) is 13.8 Å². The number of ketones is 1. The first-order chi connectivity index (χ1) is 6.90. The number of esters is 1. The minimum absolute atomic E-state index is 0.0394. The molecule has 0 heterocycles. The van der Waals surface area contributed by atoms with E-state index in [2.05, 4.69) is 6.58 Å². The van der Waals surface area contributed by atoms with Crippen LogP contribution in [0.1, 0.15) is 20.8 Å². The first-order valence-electron chi connectivity index (χ1n) is 5.00. The Morgan fingerprint density at radius 2 is 1.93 bits per heavy atom. The van der Waals surface area contributed by atoms with Crippen molar-refractivity contribution in [3.05, 3.63) is 12.3 Å². The smallest absolute Gasteiger partial charge is 0.353 e. The highest BCUT2D eigenvalue weighted by molar-refractivity contribution is 5.89. The molecular weight excluding hydrogens is 194 g/mol. The maximum Gasteiger partial charge on any atom is 0.353 e. The second kappa shape index (κ2) is 6.22. The molecule has 0 saturated carbocycles. The molecule has 4 heteroatoms. The zero-order valence-electron chi connectivity index (χ0n) is 9.87. The predicted octanol–water partition coefficient (Wildman–Crippen LogP) is 1.22. The van der Waals surface area contributed by atoms with Gasteiger partial charge in [0.1, 0.15) is 5.70 Å². The summed E-state index contributed by atoms with van der Waals surface area (Å²) in [6.07, 6.45) is 0. The molecule has 0 aromatic rings. The Bertz CT molecular complexity index is 259. The molecule has 0 aliphatic heterocycles. The van der Waals surface area contributed by atoms with Crippen molar-refractivity contribution in [2.75, 3.05) is 20.2 Å². The zero-order valence-corrected chi connectivity index (χ0v) is 9.87. The van der Waals surface area contributed by atoms with E-state index in [0.717, 1.165) is 0 Å². The number of rotatable bonds is 6. The molecule has 0 amide bonds. The lowest BCUT2D eigenvalue weighted by molar-refractivity contribution is -0.140.